The molecule has 3 aromatic heterocycles. The summed E-state index contributed by atoms with van der Waals surface area (Å²) in [5.41, 5.74) is 0.408. The monoisotopic (exact) mass is 271 g/mol. The molecule has 0 aromatic carbocycles. The van der Waals surface area contributed by atoms with E-state index in [1.807, 2.05) is 0 Å². The van der Waals surface area contributed by atoms with Gasteiger partial charge in [0.15, 0.2) is 12.4 Å². The van der Waals surface area contributed by atoms with Crippen LogP contribution in [0.2, 0.25) is 0 Å². The first kappa shape index (κ1) is 12.1. The first-order valence-corrected chi connectivity index (χ1v) is 5.76. The minimum Gasteiger partial charge on any atom is -0.459 e. The third-order valence-corrected chi connectivity index (χ3v) is 2.44. The number of hydrogen-bond acceptors (Lipinski definition) is 7. The summed E-state index contributed by atoms with van der Waals surface area (Å²) in [6.07, 6.45) is 4.53. The lowest BCUT2D eigenvalue weighted by molar-refractivity contribution is 0.0438. The molecule has 3 heterocycles. The molecule has 20 heavy (non-hydrogen) atoms. The first-order chi connectivity index (χ1) is 9.83. The standard InChI is InChI=1S/C13H9N3O4/c17-13(9-3-5-14-6-4-9)19-8-11-15-16-12(20-11)10-2-1-7-18-10/h1-7H,8H2. The van der Waals surface area contributed by atoms with E-state index < -0.39 is 5.97 Å². The van der Waals surface area contributed by atoms with Crippen molar-refractivity contribution in [3.63, 3.8) is 0 Å². The fourth-order valence-electron chi connectivity index (χ4n) is 1.51. The number of rotatable bonds is 4. The Morgan fingerprint density at radius 2 is 2.05 bits per heavy atom. The highest BCUT2D eigenvalue weighted by atomic mass is 16.5. The van der Waals surface area contributed by atoms with Gasteiger partial charge >= 0.3 is 5.97 Å². The van der Waals surface area contributed by atoms with E-state index in [0.29, 0.717) is 11.3 Å². The Bertz CT molecular complexity index is 692. The van der Waals surface area contributed by atoms with Crippen LogP contribution < -0.4 is 0 Å². The van der Waals surface area contributed by atoms with Crippen LogP contribution in [0.5, 0.6) is 0 Å². The van der Waals surface area contributed by atoms with E-state index >= 15 is 0 Å². The topological polar surface area (TPSA) is 91.2 Å². The molecule has 0 unspecified atom stereocenters. The van der Waals surface area contributed by atoms with Crippen molar-refractivity contribution >= 4 is 5.97 Å². The molecule has 0 bridgehead atoms. The predicted molar refractivity (Wildman–Crippen MR) is 65.4 cm³/mol. The maximum absolute atomic E-state index is 11.7. The minimum absolute atomic E-state index is 0.102. The lowest BCUT2D eigenvalue weighted by Crippen LogP contribution is -2.05. The zero-order chi connectivity index (χ0) is 13.8. The van der Waals surface area contributed by atoms with Crippen LogP contribution in [0.25, 0.3) is 11.7 Å². The van der Waals surface area contributed by atoms with Crippen molar-refractivity contribution in [2.75, 3.05) is 0 Å². The van der Waals surface area contributed by atoms with Gasteiger partial charge in [-0.05, 0) is 24.3 Å². The van der Waals surface area contributed by atoms with E-state index in [-0.39, 0.29) is 18.4 Å². The number of aromatic nitrogens is 3. The molecule has 0 spiro atoms. The lowest BCUT2D eigenvalue weighted by Gasteiger charge is -2.00. The molecule has 0 radical (unpaired) electrons. The number of ether oxygens (including phenoxy) is 1. The quantitative estimate of drug-likeness (QED) is 0.671. The minimum atomic E-state index is -0.481. The number of esters is 1. The van der Waals surface area contributed by atoms with Gasteiger partial charge in [0.2, 0.25) is 0 Å². The van der Waals surface area contributed by atoms with E-state index in [1.54, 1.807) is 24.3 Å². The second kappa shape index (κ2) is 5.35. The zero-order valence-corrected chi connectivity index (χ0v) is 10.2. The van der Waals surface area contributed by atoms with Crippen LogP contribution in [0.1, 0.15) is 16.2 Å². The van der Waals surface area contributed by atoms with Gasteiger partial charge in [-0.1, -0.05) is 0 Å². The second-order valence-corrected chi connectivity index (χ2v) is 3.79. The fourth-order valence-corrected chi connectivity index (χ4v) is 1.51. The molecular weight excluding hydrogens is 262 g/mol. The molecule has 0 saturated heterocycles. The molecule has 0 amide bonds. The number of carbonyl (C=O) groups is 1. The van der Waals surface area contributed by atoms with Crippen LogP contribution in [-0.2, 0) is 11.3 Å². The predicted octanol–water partition coefficient (Wildman–Crippen LogP) is 2.08. The molecule has 0 aliphatic rings. The molecule has 7 nitrogen and oxygen atoms in total. The molecular formula is C13H9N3O4. The van der Waals surface area contributed by atoms with E-state index in [9.17, 15) is 4.79 Å². The smallest absolute Gasteiger partial charge is 0.338 e. The van der Waals surface area contributed by atoms with E-state index in [4.69, 9.17) is 13.6 Å². The molecule has 7 heteroatoms. The van der Waals surface area contributed by atoms with Crippen LogP contribution in [0, 0.1) is 0 Å². The average molecular weight is 271 g/mol. The van der Waals surface area contributed by atoms with Gasteiger partial charge in [-0.25, -0.2) is 4.79 Å². The van der Waals surface area contributed by atoms with Crippen molar-refractivity contribution < 1.29 is 18.4 Å². The number of hydrogen-bond donors (Lipinski definition) is 0. The maximum atomic E-state index is 11.7. The van der Waals surface area contributed by atoms with Gasteiger partial charge in [0.05, 0.1) is 11.8 Å². The van der Waals surface area contributed by atoms with Crippen LogP contribution >= 0.6 is 0 Å². The van der Waals surface area contributed by atoms with Gasteiger partial charge in [-0.15, -0.1) is 10.2 Å². The average Bonchev–Trinajstić information content (AvgIpc) is 3.16. The summed E-state index contributed by atoms with van der Waals surface area (Å²) in [5, 5.41) is 7.57. The van der Waals surface area contributed by atoms with Crippen molar-refractivity contribution in [3.8, 4) is 11.7 Å². The normalized spacial score (nSPS) is 10.4. The number of pyridine rings is 1. The molecule has 0 atom stereocenters. The highest BCUT2D eigenvalue weighted by Crippen LogP contribution is 2.18. The van der Waals surface area contributed by atoms with Crippen LogP contribution in [0.4, 0.5) is 0 Å². The van der Waals surface area contributed by atoms with E-state index in [0.717, 1.165) is 0 Å². The zero-order valence-electron chi connectivity index (χ0n) is 10.2. The van der Waals surface area contributed by atoms with E-state index in [2.05, 4.69) is 15.2 Å². The van der Waals surface area contributed by atoms with Crippen molar-refractivity contribution in [1.29, 1.82) is 0 Å². The van der Waals surface area contributed by atoms with Crippen molar-refractivity contribution in [2.45, 2.75) is 6.61 Å². The Morgan fingerprint density at radius 1 is 1.20 bits per heavy atom. The molecule has 3 rings (SSSR count). The summed E-state index contributed by atoms with van der Waals surface area (Å²) < 4.78 is 15.5. The first-order valence-electron chi connectivity index (χ1n) is 5.76. The molecule has 100 valence electrons. The van der Waals surface area contributed by atoms with Crippen molar-refractivity contribution in [3.05, 3.63) is 54.4 Å². The summed E-state index contributed by atoms with van der Waals surface area (Å²) >= 11 is 0. The van der Waals surface area contributed by atoms with Gasteiger partial charge in [-0.3, -0.25) is 4.98 Å². The summed E-state index contributed by atoms with van der Waals surface area (Å²) in [4.78, 5) is 15.5. The second-order valence-electron chi connectivity index (χ2n) is 3.79. The van der Waals surface area contributed by atoms with Gasteiger partial charge in [0, 0.05) is 12.4 Å². The van der Waals surface area contributed by atoms with Crippen LogP contribution in [-0.4, -0.2) is 21.2 Å². The molecule has 0 N–H and O–H groups in total. The Balaban J connectivity index is 1.63. The number of carbonyl (C=O) groups excluding carboxylic acids is 1. The summed E-state index contributed by atoms with van der Waals surface area (Å²) in [5.74, 6) is 0.415. The molecule has 0 aliphatic carbocycles. The van der Waals surface area contributed by atoms with Gasteiger partial charge < -0.3 is 13.6 Å². The third kappa shape index (κ3) is 2.56. The Morgan fingerprint density at radius 3 is 2.80 bits per heavy atom. The Labute approximate surface area is 113 Å². The fraction of sp³-hybridized carbons (Fsp3) is 0.0769. The Hall–Kier alpha value is -2.96. The summed E-state index contributed by atoms with van der Waals surface area (Å²) in [7, 11) is 0. The van der Waals surface area contributed by atoms with Crippen molar-refractivity contribution in [1.82, 2.24) is 15.2 Å². The van der Waals surface area contributed by atoms with Gasteiger partial charge in [0.25, 0.3) is 11.8 Å². The SMILES string of the molecule is O=C(OCc1nnc(-c2ccco2)o1)c1ccncc1. The Kier molecular flexibility index (Phi) is 3.24. The lowest BCUT2D eigenvalue weighted by atomic mass is 10.3. The van der Waals surface area contributed by atoms with Crippen LogP contribution in [0.3, 0.4) is 0 Å². The molecule has 0 fully saturated rings. The van der Waals surface area contributed by atoms with E-state index in [1.165, 1.54) is 18.7 Å². The summed E-state index contributed by atoms with van der Waals surface area (Å²) in [6.45, 7) is -0.102. The van der Waals surface area contributed by atoms with Gasteiger partial charge in [0.1, 0.15) is 0 Å². The van der Waals surface area contributed by atoms with Crippen molar-refractivity contribution in [2.24, 2.45) is 0 Å². The molecule has 0 saturated carbocycles. The molecule has 3 aromatic rings. The molecule has 0 aliphatic heterocycles. The highest BCUT2D eigenvalue weighted by molar-refractivity contribution is 5.89. The summed E-state index contributed by atoms with van der Waals surface area (Å²) in [6, 6.07) is 6.53. The number of nitrogens with zero attached hydrogens (tertiary/aromatic N) is 3. The largest absolute Gasteiger partial charge is 0.459 e. The highest BCUT2D eigenvalue weighted by Gasteiger charge is 2.13. The third-order valence-electron chi connectivity index (χ3n) is 2.44. The number of furan rings is 1. The van der Waals surface area contributed by atoms with Gasteiger partial charge in [-0.2, -0.15) is 0 Å². The maximum Gasteiger partial charge on any atom is 0.338 e. The van der Waals surface area contributed by atoms with Crippen LogP contribution in [0.15, 0.2) is 51.8 Å².